The number of likely N-dealkylation sites (tertiary alicyclic amines) is 1. The fourth-order valence-corrected chi connectivity index (χ4v) is 3.63. The van der Waals surface area contributed by atoms with Crippen LogP contribution in [0.1, 0.15) is 34.1 Å². The molecule has 3 heterocycles. The zero-order valence-corrected chi connectivity index (χ0v) is 13.0. The van der Waals surface area contributed by atoms with Crippen LogP contribution in [-0.2, 0) is 7.05 Å². The molecular formula is C15H20N4OS. The minimum atomic E-state index is -0.0520. The Morgan fingerprint density at radius 1 is 1.48 bits per heavy atom. The van der Waals surface area contributed by atoms with Gasteiger partial charge in [0.15, 0.2) is 0 Å². The number of hydrogen-bond donors (Lipinski definition) is 1. The van der Waals surface area contributed by atoms with Gasteiger partial charge in [-0.2, -0.15) is 5.10 Å². The van der Waals surface area contributed by atoms with E-state index in [2.05, 4.69) is 32.8 Å². The third-order valence-corrected chi connectivity index (χ3v) is 4.85. The first-order chi connectivity index (χ1) is 10.2. The number of nitrogens with one attached hydrogen (secondary N) is 1. The van der Waals surface area contributed by atoms with Gasteiger partial charge >= 0.3 is 0 Å². The van der Waals surface area contributed by atoms with Gasteiger partial charge in [0.05, 0.1) is 17.8 Å². The molecule has 1 saturated heterocycles. The number of aromatic nitrogens is 2. The molecule has 112 valence electrons. The average molecular weight is 304 g/mol. The molecule has 2 aromatic heterocycles. The fraction of sp³-hybridized carbons (Fsp3) is 0.467. The monoisotopic (exact) mass is 304 g/mol. The number of amides is 1. The van der Waals surface area contributed by atoms with Gasteiger partial charge in [-0.3, -0.25) is 14.4 Å². The van der Waals surface area contributed by atoms with Crippen LogP contribution in [-0.4, -0.2) is 40.2 Å². The lowest BCUT2D eigenvalue weighted by atomic mass is 10.2. The molecule has 0 aliphatic carbocycles. The lowest BCUT2D eigenvalue weighted by Gasteiger charge is -2.26. The SMILES string of the molecule is Cn1cc(C(=O)NC[C@@H](c2cccs2)N2CCCC2)cn1. The van der Waals surface area contributed by atoms with Crippen LogP contribution in [0.5, 0.6) is 0 Å². The number of carbonyl (C=O) groups is 1. The second-order valence-electron chi connectivity index (χ2n) is 5.39. The summed E-state index contributed by atoms with van der Waals surface area (Å²) in [5.41, 5.74) is 0.615. The fourth-order valence-electron chi connectivity index (χ4n) is 2.77. The van der Waals surface area contributed by atoms with Crippen LogP contribution in [0.2, 0.25) is 0 Å². The maximum atomic E-state index is 12.2. The van der Waals surface area contributed by atoms with E-state index >= 15 is 0 Å². The lowest BCUT2D eigenvalue weighted by Crippen LogP contribution is -2.36. The number of nitrogens with zero attached hydrogens (tertiary/aromatic N) is 3. The number of hydrogen-bond acceptors (Lipinski definition) is 4. The molecule has 5 nitrogen and oxygen atoms in total. The van der Waals surface area contributed by atoms with Gasteiger partial charge in [-0.15, -0.1) is 11.3 Å². The minimum absolute atomic E-state index is 0.0520. The standard InChI is InChI=1S/C15H20N4OS/c1-18-11-12(9-17-18)15(20)16-10-13(14-5-4-8-21-14)19-6-2-3-7-19/h4-5,8-9,11,13H,2-3,6-7,10H2,1H3,(H,16,20)/t13-/m0/s1. The molecule has 2 aromatic rings. The summed E-state index contributed by atoms with van der Waals surface area (Å²) in [6.45, 7) is 2.88. The first kappa shape index (κ1) is 14.3. The summed E-state index contributed by atoms with van der Waals surface area (Å²) >= 11 is 1.76. The number of rotatable bonds is 5. The van der Waals surface area contributed by atoms with Crippen LogP contribution in [0.4, 0.5) is 0 Å². The molecule has 1 amide bonds. The molecule has 1 fully saturated rings. The van der Waals surface area contributed by atoms with Gasteiger partial charge in [0.2, 0.25) is 0 Å². The Labute approximate surface area is 128 Å². The highest BCUT2D eigenvalue weighted by atomic mass is 32.1. The van der Waals surface area contributed by atoms with Gasteiger partial charge in [0.1, 0.15) is 0 Å². The van der Waals surface area contributed by atoms with Crippen molar-refractivity contribution in [2.45, 2.75) is 18.9 Å². The lowest BCUT2D eigenvalue weighted by molar-refractivity contribution is 0.0938. The normalized spacial score (nSPS) is 17.0. The molecule has 0 spiro atoms. The third kappa shape index (κ3) is 3.33. The molecule has 0 unspecified atom stereocenters. The molecule has 1 aliphatic rings. The van der Waals surface area contributed by atoms with Gasteiger partial charge in [-0.25, -0.2) is 0 Å². The predicted octanol–water partition coefficient (Wildman–Crippen LogP) is 2.05. The highest BCUT2D eigenvalue weighted by Gasteiger charge is 2.24. The molecule has 0 aromatic carbocycles. The molecule has 3 rings (SSSR count). The average Bonchev–Trinajstić information content (AvgIpc) is 3.21. The number of carbonyl (C=O) groups excluding carboxylic acids is 1. The van der Waals surface area contributed by atoms with E-state index in [-0.39, 0.29) is 11.9 Å². The van der Waals surface area contributed by atoms with Crippen LogP contribution in [0.15, 0.2) is 29.9 Å². The van der Waals surface area contributed by atoms with E-state index in [0.29, 0.717) is 12.1 Å². The topological polar surface area (TPSA) is 50.2 Å². The van der Waals surface area contributed by atoms with Crippen LogP contribution in [0, 0.1) is 0 Å². The second kappa shape index (κ2) is 6.41. The van der Waals surface area contributed by atoms with Crippen molar-refractivity contribution in [1.82, 2.24) is 20.0 Å². The predicted molar refractivity (Wildman–Crippen MR) is 83.4 cm³/mol. The maximum absolute atomic E-state index is 12.2. The Balaban J connectivity index is 1.66. The maximum Gasteiger partial charge on any atom is 0.254 e. The van der Waals surface area contributed by atoms with Crippen molar-refractivity contribution in [3.8, 4) is 0 Å². The van der Waals surface area contributed by atoms with Crippen LogP contribution < -0.4 is 5.32 Å². The van der Waals surface area contributed by atoms with E-state index in [4.69, 9.17) is 0 Å². The van der Waals surface area contributed by atoms with E-state index in [1.54, 1.807) is 28.4 Å². The van der Waals surface area contributed by atoms with E-state index in [1.807, 2.05) is 7.05 Å². The van der Waals surface area contributed by atoms with Crippen molar-refractivity contribution in [3.63, 3.8) is 0 Å². The quantitative estimate of drug-likeness (QED) is 0.920. The molecule has 1 N–H and O–H groups in total. The Morgan fingerprint density at radius 3 is 2.90 bits per heavy atom. The first-order valence-corrected chi connectivity index (χ1v) is 8.16. The minimum Gasteiger partial charge on any atom is -0.350 e. The van der Waals surface area contributed by atoms with Crippen molar-refractivity contribution >= 4 is 17.2 Å². The van der Waals surface area contributed by atoms with E-state index in [9.17, 15) is 4.79 Å². The van der Waals surface area contributed by atoms with E-state index < -0.39 is 0 Å². The highest BCUT2D eigenvalue weighted by Crippen LogP contribution is 2.27. The van der Waals surface area contributed by atoms with Gasteiger partial charge < -0.3 is 5.32 Å². The van der Waals surface area contributed by atoms with Crippen molar-refractivity contribution in [3.05, 3.63) is 40.3 Å². The summed E-state index contributed by atoms with van der Waals surface area (Å²) in [4.78, 5) is 16.0. The zero-order valence-electron chi connectivity index (χ0n) is 12.2. The Hall–Kier alpha value is -1.66. The van der Waals surface area contributed by atoms with Crippen LogP contribution >= 0.6 is 11.3 Å². The molecule has 1 aliphatic heterocycles. The van der Waals surface area contributed by atoms with Crippen molar-refractivity contribution in [2.75, 3.05) is 19.6 Å². The summed E-state index contributed by atoms with van der Waals surface area (Å²) in [7, 11) is 1.81. The van der Waals surface area contributed by atoms with Crippen LogP contribution in [0.25, 0.3) is 0 Å². The first-order valence-electron chi connectivity index (χ1n) is 7.28. The van der Waals surface area contributed by atoms with Crippen LogP contribution in [0.3, 0.4) is 0 Å². The zero-order chi connectivity index (χ0) is 14.7. The molecule has 1 atom stereocenters. The van der Waals surface area contributed by atoms with Crippen molar-refractivity contribution in [1.29, 1.82) is 0 Å². The van der Waals surface area contributed by atoms with E-state index in [0.717, 1.165) is 13.1 Å². The largest absolute Gasteiger partial charge is 0.350 e. The Kier molecular flexibility index (Phi) is 4.36. The Bertz CT molecular complexity index is 587. The molecule has 0 saturated carbocycles. The molecule has 21 heavy (non-hydrogen) atoms. The molecular weight excluding hydrogens is 284 g/mol. The van der Waals surface area contributed by atoms with Gasteiger partial charge in [0, 0.05) is 24.7 Å². The van der Waals surface area contributed by atoms with Gasteiger partial charge in [-0.05, 0) is 37.4 Å². The second-order valence-corrected chi connectivity index (χ2v) is 6.37. The van der Waals surface area contributed by atoms with Gasteiger partial charge in [0.25, 0.3) is 5.91 Å². The van der Waals surface area contributed by atoms with Gasteiger partial charge in [-0.1, -0.05) is 6.07 Å². The summed E-state index contributed by atoms with van der Waals surface area (Å²) < 4.78 is 1.64. The summed E-state index contributed by atoms with van der Waals surface area (Å²) in [6, 6.07) is 4.52. The molecule has 6 heteroatoms. The number of thiophene rings is 1. The molecule has 0 radical (unpaired) electrons. The summed E-state index contributed by atoms with van der Waals surface area (Å²) in [6.07, 6.45) is 5.84. The smallest absolute Gasteiger partial charge is 0.254 e. The van der Waals surface area contributed by atoms with Crippen molar-refractivity contribution < 1.29 is 4.79 Å². The third-order valence-electron chi connectivity index (χ3n) is 3.88. The molecule has 0 bridgehead atoms. The number of aryl methyl sites for hydroxylation is 1. The highest BCUT2D eigenvalue weighted by molar-refractivity contribution is 7.10. The summed E-state index contributed by atoms with van der Waals surface area (Å²) in [5.74, 6) is -0.0520. The Morgan fingerprint density at radius 2 is 2.29 bits per heavy atom. The van der Waals surface area contributed by atoms with E-state index in [1.165, 1.54) is 17.7 Å². The van der Waals surface area contributed by atoms with Crippen molar-refractivity contribution in [2.24, 2.45) is 7.05 Å². The summed E-state index contributed by atoms with van der Waals surface area (Å²) in [5, 5.41) is 9.19.